The predicted octanol–water partition coefficient (Wildman–Crippen LogP) is 2.83. The van der Waals surface area contributed by atoms with Crippen LogP contribution in [0.25, 0.3) is 0 Å². The van der Waals surface area contributed by atoms with E-state index in [0.29, 0.717) is 12.0 Å². The van der Waals surface area contributed by atoms with Crippen LogP contribution in [0, 0.1) is 12.8 Å². The number of hydrogen-bond donors (Lipinski definition) is 1. The van der Waals surface area contributed by atoms with Gasteiger partial charge in [0.25, 0.3) is 0 Å². The fourth-order valence-electron chi connectivity index (χ4n) is 2.95. The van der Waals surface area contributed by atoms with E-state index < -0.39 is 0 Å². The number of nitrogens with one attached hydrogen (secondary N) is 1. The van der Waals surface area contributed by atoms with E-state index in [9.17, 15) is 0 Å². The minimum atomic E-state index is 0.497. The van der Waals surface area contributed by atoms with Crippen LogP contribution in [0.4, 0.5) is 0 Å². The Labute approximate surface area is 115 Å². The Morgan fingerprint density at radius 2 is 2.33 bits per heavy atom. The molecule has 1 aromatic heterocycles. The van der Waals surface area contributed by atoms with Gasteiger partial charge in [-0.15, -0.1) is 11.3 Å². The molecule has 3 nitrogen and oxygen atoms in total. The third-order valence-corrected chi connectivity index (χ3v) is 4.65. The average molecular weight is 267 g/mol. The van der Waals surface area contributed by atoms with Gasteiger partial charge in [-0.3, -0.25) is 4.90 Å². The normalized spacial score (nSPS) is 26.2. The van der Waals surface area contributed by atoms with E-state index in [1.807, 2.05) is 0 Å². The van der Waals surface area contributed by atoms with Crippen molar-refractivity contribution >= 4 is 11.3 Å². The molecule has 1 aromatic rings. The lowest BCUT2D eigenvalue weighted by Crippen LogP contribution is -2.35. The van der Waals surface area contributed by atoms with Crippen LogP contribution in [0.15, 0.2) is 5.38 Å². The van der Waals surface area contributed by atoms with Crippen molar-refractivity contribution in [1.29, 1.82) is 0 Å². The summed E-state index contributed by atoms with van der Waals surface area (Å²) < 4.78 is 0. The van der Waals surface area contributed by atoms with Gasteiger partial charge in [-0.05, 0) is 52.4 Å². The molecule has 1 N–H and O–H groups in total. The van der Waals surface area contributed by atoms with Gasteiger partial charge in [0.05, 0.1) is 16.7 Å². The first kappa shape index (κ1) is 14.0. The molecule has 0 radical (unpaired) electrons. The number of aryl methyl sites for hydroxylation is 1. The van der Waals surface area contributed by atoms with E-state index in [0.717, 1.165) is 13.1 Å². The standard InChI is InChI=1S/C14H25N3S/c1-4-15-9-12-7-5-6-8-17(3)14(12)13-10-18-11(2)16-13/h10,12,14-15H,4-9H2,1-3H3. The number of likely N-dealkylation sites (tertiary alicyclic amines) is 1. The molecule has 0 aromatic carbocycles. The monoisotopic (exact) mass is 267 g/mol. The number of aromatic nitrogens is 1. The molecular formula is C14H25N3S. The van der Waals surface area contributed by atoms with E-state index in [1.54, 1.807) is 11.3 Å². The van der Waals surface area contributed by atoms with Crippen LogP contribution >= 0.6 is 11.3 Å². The molecule has 1 aliphatic heterocycles. The van der Waals surface area contributed by atoms with Crippen LogP contribution in [0.3, 0.4) is 0 Å². The molecule has 1 aliphatic rings. The SMILES string of the molecule is CCNCC1CCCCN(C)C1c1csc(C)n1. The highest BCUT2D eigenvalue weighted by molar-refractivity contribution is 7.09. The zero-order valence-corrected chi connectivity index (χ0v) is 12.6. The Balaban J connectivity index is 2.17. The van der Waals surface area contributed by atoms with Crippen LogP contribution in [-0.2, 0) is 0 Å². The highest BCUT2D eigenvalue weighted by Crippen LogP contribution is 2.34. The molecule has 2 unspecified atom stereocenters. The minimum Gasteiger partial charge on any atom is -0.317 e. The molecule has 102 valence electrons. The highest BCUT2D eigenvalue weighted by atomic mass is 32.1. The summed E-state index contributed by atoms with van der Waals surface area (Å²) in [6.07, 6.45) is 3.98. The predicted molar refractivity (Wildman–Crippen MR) is 78.1 cm³/mol. The van der Waals surface area contributed by atoms with Gasteiger partial charge in [-0.2, -0.15) is 0 Å². The molecule has 1 saturated heterocycles. The Morgan fingerprint density at radius 3 is 3.00 bits per heavy atom. The van der Waals surface area contributed by atoms with Crippen LogP contribution < -0.4 is 5.32 Å². The summed E-state index contributed by atoms with van der Waals surface area (Å²) in [7, 11) is 2.25. The van der Waals surface area contributed by atoms with Gasteiger partial charge in [0.1, 0.15) is 0 Å². The molecule has 1 fully saturated rings. The first-order valence-electron chi connectivity index (χ1n) is 7.05. The Bertz CT molecular complexity index is 364. The lowest BCUT2D eigenvalue weighted by Gasteiger charge is -2.31. The molecular weight excluding hydrogens is 242 g/mol. The molecule has 4 heteroatoms. The van der Waals surface area contributed by atoms with Gasteiger partial charge in [-0.1, -0.05) is 13.3 Å². The number of hydrogen-bond acceptors (Lipinski definition) is 4. The van der Waals surface area contributed by atoms with Crippen LogP contribution in [0.1, 0.15) is 42.9 Å². The highest BCUT2D eigenvalue weighted by Gasteiger charge is 2.30. The molecule has 2 heterocycles. The third-order valence-electron chi connectivity index (χ3n) is 3.85. The smallest absolute Gasteiger partial charge is 0.0898 e. The van der Waals surface area contributed by atoms with Crippen molar-refractivity contribution < 1.29 is 0 Å². The Hall–Kier alpha value is -0.450. The largest absolute Gasteiger partial charge is 0.317 e. The third kappa shape index (κ3) is 3.31. The number of thiazole rings is 1. The molecule has 2 rings (SSSR count). The summed E-state index contributed by atoms with van der Waals surface area (Å²) in [6, 6.07) is 0.497. The van der Waals surface area contributed by atoms with Gasteiger partial charge < -0.3 is 5.32 Å². The molecule has 0 saturated carbocycles. The molecule has 2 atom stereocenters. The topological polar surface area (TPSA) is 28.2 Å². The Morgan fingerprint density at radius 1 is 1.50 bits per heavy atom. The lowest BCUT2D eigenvalue weighted by molar-refractivity contribution is 0.186. The van der Waals surface area contributed by atoms with Crippen molar-refractivity contribution in [3.05, 3.63) is 16.1 Å². The van der Waals surface area contributed by atoms with Gasteiger partial charge in [0.15, 0.2) is 0 Å². The molecule has 18 heavy (non-hydrogen) atoms. The van der Waals surface area contributed by atoms with Crippen molar-refractivity contribution in [2.24, 2.45) is 5.92 Å². The maximum absolute atomic E-state index is 4.73. The summed E-state index contributed by atoms with van der Waals surface area (Å²) in [4.78, 5) is 7.24. The summed E-state index contributed by atoms with van der Waals surface area (Å²) >= 11 is 1.77. The van der Waals surface area contributed by atoms with Crippen molar-refractivity contribution in [3.8, 4) is 0 Å². The number of rotatable bonds is 4. The second kappa shape index (κ2) is 6.64. The quantitative estimate of drug-likeness (QED) is 0.909. The second-order valence-corrected chi connectivity index (χ2v) is 6.34. The summed E-state index contributed by atoms with van der Waals surface area (Å²) in [5.74, 6) is 0.693. The van der Waals surface area contributed by atoms with Gasteiger partial charge in [-0.25, -0.2) is 4.98 Å². The molecule has 0 amide bonds. The van der Waals surface area contributed by atoms with Crippen molar-refractivity contribution in [2.45, 2.75) is 39.2 Å². The maximum Gasteiger partial charge on any atom is 0.0898 e. The van der Waals surface area contributed by atoms with Gasteiger partial charge >= 0.3 is 0 Å². The lowest BCUT2D eigenvalue weighted by atomic mass is 9.92. The fourth-order valence-corrected chi connectivity index (χ4v) is 3.59. The van der Waals surface area contributed by atoms with Crippen molar-refractivity contribution in [1.82, 2.24) is 15.2 Å². The zero-order valence-electron chi connectivity index (χ0n) is 11.8. The summed E-state index contributed by atoms with van der Waals surface area (Å²) in [5, 5.41) is 6.96. The first-order chi connectivity index (χ1) is 8.72. The van der Waals surface area contributed by atoms with Crippen LogP contribution in [-0.4, -0.2) is 36.6 Å². The molecule has 0 bridgehead atoms. The van der Waals surface area contributed by atoms with Gasteiger partial charge in [0.2, 0.25) is 0 Å². The molecule has 0 aliphatic carbocycles. The number of nitrogens with zero attached hydrogens (tertiary/aromatic N) is 2. The summed E-state index contributed by atoms with van der Waals surface area (Å²) in [6.45, 7) is 7.65. The van der Waals surface area contributed by atoms with Crippen molar-refractivity contribution in [2.75, 3.05) is 26.7 Å². The second-order valence-electron chi connectivity index (χ2n) is 5.28. The van der Waals surface area contributed by atoms with E-state index in [4.69, 9.17) is 4.98 Å². The molecule has 0 spiro atoms. The zero-order chi connectivity index (χ0) is 13.0. The van der Waals surface area contributed by atoms with E-state index in [-0.39, 0.29) is 0 Å². The summed E-state index contributed by atoms with van der Waals surface area (Å²) in [5.41, 5.74) is 1.28. The first-order valence-corrected chi connectivity index (χ1v) is 7.93. The fraction of sp³-hybridized carbons (Fsp3) is 0.786. The van der Waals surface area contributed by atoms with E-state index >= 15 is 0 Å². The van der Waals surface area contributed by atoms with E-state index in [1.165, 1.54) is 36.5 Å². The maximum atomic E-state index is 4.73. The van der Waals surface area contributed by atoms with Gasteiger partial charge in [0, 0.05) is 5.38 Å². The van der Waals surface area contributed by atoms with Crippen molar-refractivity contribution in [3.63, 3.8) is 0 Å². The van der Waals surface area contributed by atoms with Crippen LogP contribution in [0.5, 0.6) is 0 Å². The average Bonchev–Trinajstić information content (AvgIpc) is 2.68. The van der Waals surface area contributed by atoms with E-state index in [2.05, 4.69) is 36.5 Å². The van der Waals surface area contributed by atoms with Crippen LogP contribution in [0.2, 0.25) is 0 Å². The minimum absolute atomic E-state index is 0.497. The Kier molecular flexibility index (Phi) is 5.15.